The van der Waals surface area contributed by atoms with Crippen molar-refractivity contribution in [2.45, 2.75) is 31.7 Å². The molecular formula is C22H25N3O4. The molecule has 2 N–H and O–H groups in total. The van der Waals surface area contributed by atoms with Crippen LogP contribution in [0.25, 0.3) is 0 Å². The highest BCUT2D eigenvalue weighted by Crippen LogP contribution is 2.27. The standard InChI is InChI=1S/C22H25N3O4/c26-20-14-25(22(28)23-20)21(27)15-24(12-16-6-2-1-3-7-16)13-18-11-10-17-8-4-5-9-19(17)29-18/h1-9,18,21,27H,10-15H2,(H,23,26,28). The third-order valence-electron chi connectivity index (χ3n) is 5.32. The number of para-hydroxylation sites is 1. The second kappa shape index (κ2) is 8.63. The van der Waals surface area contributed by atoms with Gasteiger partial charge >= 0.3 is 6.03 Å². The van der Waals surface area contributed by atoms with Gasteiger partial charge in [0, 0.05) is 19.6 Å². The second-order valence-corrected chi connectivity index (χ2v) is 7.53. The molecule has 152 valence electrons. The summed E-state index contributed by atoms with van der Waals surface area (Å²) >= 11 is 0. The third-order valence-corrected chi connectivity index (χ3v) is 5.32. The van der Waals surface area contributed by atoms with E-state index in [4.69, 9.17) is 4.74 Å². The summed E-state index contributed by atoms with van der Waals surface area (Å²) in [6.07, 6.45) is 0.767. The monoisotopic (exact) mass is 395 g/mol. The third kappa shape index (κ3) is 4.75. The molecule has 2 atom stereocenters. The van der Waals surface area contributed by atoms with E-state index in [1.54, 1.807) is 0 Å². The lowest BCUT2D eigenvalue weighted by atomic mass is 10.0. The molecule has 0 bridgehead atoms. The number of aryl methyl sites for hydroxylation is 1. The van der Waals surface area contributed by atoms with Gasteiger partial charge in [-0.15, -0.1) is 0 Å². The van der Waals surface area contributed by atoms with Gasteiger partial charge in [-0.3, -0.25) is 19.9 Å². The van der Waals surface area contributed by atoms with E-state index >= 15 is 0 Å². The number of hydrogen-bond donors (Lipinski definition) is 2. The summed E-state index contributed by atoms with van der Waals surface area (Å²) in [7, 11) is 0. The normalized spacial score (nSPS) is 19.7. The SMILES string of the molecule is O=C1CN(C(O)CN(Cc2ccccc2)CC2CCc3ccccc3O2)C(=O)N1. The Hall–Kier alpha value is -2.90. The quantitative estimate of drug-likeness (QED) is 0.698. The molecule has 7 nitrogen and oxygen atoms in total. The lowest BCUT2D eigenvalue weighted by Gasteiger charge is -2.33. The topological polar surface area (TPSA) is 82.1 Å². The van der Waals surface area contributed by atoms with E-state index in [1.807, 2.05) is 48.5 Å². The Kier molecular flexibility index (Phi) is 5.78. The number of imide groups is 1. The van der Waals surface area contributed by atoms with Crippen LogP contribution in [0.15, 0.2) is 54.6 Å². The number of benzene rings is 2. The van der Waals surface area contributed by atoms with Crippen LogP contribution in [0.1, 0.15) is 17.5 Å². The molecule has 0 saturated carbocycles. The van der Waals surface area contributed by atoms with Crippen molar-refractivity contribution in [1.29, 1.82) is 0 Å². The minimum absolute atomic E-state index is 0.00477. The lowest BCUT2D eigenvalue weighted by Crippen LogP contribution is -2.47. The van der Waals surface area contributed by atoms with Crippen LogP contribution in [0.5, 0.6) is 5.75 Å². The van der Waals surface area contributed by atoms with Crippen molar-refractivity contribution in [3.8, 4) is 5.75 Å². The predicted octanol–water partition coefficient (Wildman–Crippen LogP) is 1.75. The van der Waals surface area contributed by atoms with Crippen LogP contribution in [0, 0.1) is 0 Å². The zero-order chi connectivity index (χ0) is 20.2. The number of carbonyl (C=O) groups is 2. The highest BCUT2D eigenvalue weighted by atomic mass is 16.5. The molecule has 3 amide bonds. The van der Waals surface area contributed by atoms with Gasteiger partial charge in [0.1, 0.15) is 24.6 Å². The molecule has 29 heavy (non-hydrogen) atoms. The van der Waals surface area contributed by atoms with Crippen LogP contribution < -0.4 is 10.1 Å². The molecule has 2 aromatic rings. The van der Waals surface area contributed by atoms with Gasteiger partial charge in [-0.25, -0.2) is 4.79 Å². The molecule has 4 rings (SSSR count). The summed E-state index contributed by atoms with van der Waals surface area (Å²) < 4.78 is 6.18. The Bertz CT molecular complexity index is 873. The average Bonchev–Trinajstić information content (AvgIpc) is 3.07. The first-order chi connectivity index (χ1) is 14.1. The van der Waals surface area contributed by atoms with Gasteiger partial charge in [-0.05, 0) is 30.0 Å². The number of aliphatic hydroxyl groups excluding tert-OH is 1. The highest BCUT2D eigenvalue weighted by Gasteiger charge is 2.33. The number of hydrogen-bond acceptors (Lipinski definition) is 5. The van der Waals surface area contributed by atoms with Gasteiger partial charge in [0.05, 0.1) is 0 Å². The smallest absolute Gasteiger partial charge is 0.326 e. The first-order valence-electron chi connectivity index (χ1n) is 9.88. The summed E-state index contributed by atoms with van der Waals surface area (Å²) in [6, 6.07) is 17.5. The average molecular weight is 395 g/mol. The summed E-state index contributed by atoms with van der Waals surface area (Å²) in [5.74, 6) is 0.518. The molecule has 0 radical (unpaired) electrons. The van der Waals surface area contributed by atoms with E-state index < -0.39 is 18.2 Å². The van der Waals surface area contributed by atoms with Gasteiger partial charge in [0.15, 0.2) is 0 Å². The lowest BCUT2D eigenvalue weighted by molar-refractivity contribution is -0.119. The Balaban J connectivity index is 1.45. The van der Waals surface area contributed by atoms with Crippen LogP contribution in [0.3, 0.4) is 0 Å². The summed E-state index contributed by atoms with van der Waals surface area (Å²) in [5, 5.41) is 12.8. The van der Waals surface area contributed by atoms with Crippen molar-refractivity contribution in [3.63, 3.8) is 0 Å². The van der Waals surface area contributed by atoms with Crippen LogP contribution in [-0.4, -0.2) is 58.8 Å². The van der Waals surface area contributed by atoms with Gasteiger partial charge < -0.3 is 9.84 Å². The van der Waals surface area contributed by atoms with Gasteiger partial charge in [-0.2, -0.15) is 0 Å². The number of nitrogens with one attached hydrogen (secondary N) is 1. The number of aliphatic hydroxyl groups is 1. The molecule has 2 aromatic carbocycles. The number of nitrogens with zero attached hydrogens (tertiary/aromatic N) is 2. The van der Waals surface area contributed by atoms with E-state index in [0.29, 0.717) is 13.1 Å². The summed E-state index contributed by atoms with van der Waals surface area (Å²) in [5.41, 5.74) is 2.32. The van der Waals surface area contributed by atoms with Crippen molar-refractivity contribution in [3.05, 3.63) is 65.7 Å². The Morgan fingerprint density at radius 3 is 2.66 bits per heavy atom. The number of ether oxygens (including phenoxy) is 1. The summed E-state index contributed by atoms with van der Waals surface area (Å²) in [6.45, 7) is 1.34. The van der Waals surface area contributed by atoms with E-state index in [2.05, 4.69) is 16.3 Å². The van der Waals surface area contributed by atoms with Gasteiger partial charge in [-0.1, -0.05) is 48.5 Å². The number of fused-ring (bicyclic) bond motifs is 1. The fourth-order valence-corrected chi connectivity index (χ4v) is 3.87. The number of carbonyl (C=O) groups excluding carboxylic acids is 2. The Morgan fingerprint density at radius 2 is 1.90 bits per heavy atom. The first-order valence-corrected chi connectivity index (χ1v) is 9.88. The molecule has 0 spiro atoms. The Morgan fingerprint density at radius 1 is 1.14 bits per heavy atom. The Labute approximate surface area is 169 Å². The molecule has 0 aromatic heterocycles. The molecule has 2 aliphatic heterocycles. The molecular weight excluding hydrogens is 370 g/mol. The molecule has 1 saturated heterocycles. The molecule has 2 unspecified atom stereocenters. The van der Waals surface area contributed by atoms with Crippen molar-refractivity contribution in [2.24, 2.45) is 0 Å². The minimum atomic E-state index is -1.07. The zero-order valence-electron chi connectivity index (χ0n) is 16.2. The van der Waals surface area contributed by atoms with Gasteiger partial charge in [0.2, 0.25) is 5.91 Å². The maximum absolute atomic E-state index is 11.9. The van der Waals surface area contributed by atoms with E-state index in [-0.39, 0.29) is 19.2 Å². The van der Waals surface area contributed by atoms with Crippen LogP contribution >= 0.6 is 0 Å². The molecule has 1 fully saturated rings. The number of amides is 3. The minimum Gasteiger partial charge on any atom is -0.489 e. The first kappa shape index (κ1) is 19.4. The molecule has 2 aliphatic rings. The maximum Gasteiger partial charge on any atom is 0.326 e. The van der Waals surface area contributed by atoms with Crippen molar-refractivity contribution in [2.75, 3.05) is 19.6 Å². The van der Waals surface area contributed by atoms with Crippen LogP contribution in [0.2, 0.25) is 0 Å². The number of urea groups is 1. The summed E-state index contributed by atoms with van der Waals surface area (Å²) in [4.78, 5) is 26.6. The second-order valence-electron chi connectivity index (χ2n) is 7.53. The van der Waals surface area contributed by atoms with Crippen molar-refractivity contribution < 1.29 is 19.4 Å². The zero-order valence-corrected chi connectivity index (χ0v) is 16.2. The molecule has 0 aliphatic carbocycles. The van der Waals surface area contributed by atoms with Crippen LogP contribution in [0.4, 0.5) is 4.79 Å². The molecule has 7 heteroatoms. The maximum atomic E-state index is 11.9. The predicted molar refractivity (Wildman–Crippen MR) is 107 cm³/mol. The largest absolute Gasteiger partial charge is 0.489 e. The molecule has 2 heterocycles. The fourth-order valence-electron chi connectivity index (χ4n) is 3.87. The highest BCUT2D eigenvalue weighted by molar-refractivity contribution is 6.01. The van der Waals surface area contributed by atoms with Crippen LogP contribution in [-0.2, 0) is 17.8 Å². The van der Waals surface area contributed by atoms with E-state index in [9.17, 15) is 14.7 Å². The number of rotatable bonds is 7. The van der Waals surface area contributed by atoms with E-state index in [0.717, 1.165) is 29.1 Å². The van der Waals surface area contributed by atoms with E-state index in [1.165, 1.54) is 5.56 Å². The fraction of sp³-hybridized carbons (Fsp3) is 0.364. The van der Waals surface area contributed by atoms with Crippen molar-refractivity contribution in [1.82, 2.24) is 15.1 Å². The van der Waals surface area contributed by atoms with Crippen molar-refractivity contribution >= 4 is 11.9 Å². The van der Waals surface area contributed by atoms with Gasteiger partial charge in [0.25, 0.3) is 0 Å².